The number of amides is 1. The lowest BCUT2D eigenvalue weighted by atomic mass is 10.0. The van der Waals surface area contributed by atoms with E-state index in [1.807, 2.05) is 18.2 Å². The molecular weight excluding hydrogens is 545 g/mol. The highest BCUT2D eigenvalue weighted by atomic mass is 35.5. The highest BCUT2D eigenvalue weighted by Gasteiger charge is 2.21. The molecule has 0 atom stereocenters. The lowest BCUT2D eigenvalue weighted by Gasteiger charge is -2.08. The fraction of sp³-hybridized carbons (Fsp3) is 0. The number of H-pyrrole nitrogens is 1. The Morgan fingerprint density at radius 1 is 0.842 bits per heavy atom. The van der Waals surface area contributed by atoms with Gasteiger partial charge in [0.05, 0.1) is 16.8 Å². The van der Waals surface area contributed by atoms with E-state index in [4.69, 9.17) is 39.5 Å². The summed E-state index contributed by atoms with van der Waals surface area (Å²) in [6.07, 6.45) is 1.39. The van der Waals surface area contributed by atoms with E-state index >= 15 is 0 Å². The first-order chi connectivity index (χ1) is 18.4. The van der Waals surface area contributed by atoms with Crippen molar-refractivity contribution in [3.8, 4) is 16.9 Å². The number of aromatic amines is 1. The van der Waals surface area contributed by atoms with Gasteiger partial charge in [0.1, 0.15) is 11.4 Å². The summed E-state index contributed by atoms with van der Waals surface area (Å²) in [6, 6.07) is 25.9. The first kappa shape index (κ1) is 25.5. The van der Waals surface area contributed by atoms with Crippen molar-refractivity contribution in [2.45, 2.75) is 0 Å². The number of rotatable bonds is 6. The number of nitrogens with one attached hydrogen (secondary N) is 2. The molecule has 5 rings (SSSR count). The van der Waals surface area contributed by atoms with Crippen molar-refractivity contribution in [1.29, 1.82) is 0 Å². The molecule has 0 fully saturated rings. The van der Waals surface area contributed by atoms with Gasteiger partial charge in [-0.05, 0) is 48.5 Å². The molecule has 6 nitrogen and oxygen atoms in total. The van der Waals surface area contributed by atoms with Crippen molar-refractivity contribution in [1.82, 2.24) is 10.4 Å². The highest BCUT2D eigenvalue weighted by molar-refractivity contribution is 6.35. The minimum atomic E-state index is -0.610. The van der Waals surface area contributed by atoms with Gasteiger partial charge in [0.15, 0.2) is 0 Å². The van der Waals surface area contributed by atoms with E-state index < -0.39 is 11.9 Å². The summed E-state index contributed by atoms with van der Waals surface area (Å²) in [5.74, 6) is -0.844. The van der Waals surface area contributed by atoms with Crippen LogP contribution in [0.25, 0.3) is 22.0 Å². The number of hydrogen-bond acceptors (Lipinski definition) is 4. The normalized spacial score (nSPS) is 11.1. The number of hydrogen-bond donors (Lipinski definition) is 2. The topological polar surface area (TPSA) is 83.5 Å². The molecule has 0 bridgehead atoms. The summed E-state index contributed by atoms with van der Waals surface area (Å²) in [7, 11) is 0. The van der Waals surface area contributed by atoms with Crippen LogP contribution in [0.2, 0.25) is 15.1 Å². The molecule has 0 aliphatic heterocycles. The number of halogens is 3. The largest absolute Gasteiger partial charge is 0.422 e. The maximum Gasteiger partial charge on any atom is 0.345 e. The van der Waals surface area contributed by atoms with Crippen molar-refractivity contribution in [2.24, 2.45) is 5.10 Å². The summed E-state index contributed by atoms with van der Waals surface area (Å²) in [6.45, 7) is 0. The first-order valence-electron chi connectivity index (χ1n) is 11.4. The lowest BCUT2D eigenvalue weighted by Crippen LogP contribution is -2.19. The van der Waals surface area contributed by atoms with Crippen molar-refractivity contribution < 1.29 is 14.3 Å². The minimum absolute atomic E-state index is 0.236. The zero-order valence-corrected chi connectivity index (χ0v) is 21.8. The average Bonchev–Trinajstić information content (AvgIpc) is 3.28. The van der Waals surface area contributed by atoms with Crippen molar-refractivity contribution >= 4 is 63.8 Å². The molecule has 9 heteroatoms. The number of hydrazone groups is 1. The van der Waals surface area contributed by atoms with Gasteiger partial charge in [-0.15, -0.1) is 0 Å². The Morgan fingerprint density at radius 2 is 1.55 bits per heavy atom. The number of carbonyl (C=O) groups is 2. The molecule has 1 amide bonds. The molecule has 0 aliphatic carbocycles. The quantitative estimate of drug-likeness (QED) is 0.0959. The van der Waals surface area contributed by atoms with E-state index in [1.165, 1.54) is 6.21 Å². The summed E-state index contributed by atoms with van der Waals surface area (Å²) in [4.78, 5) is 29.0. The Balaban J connectivity index is 1.42. The number of para-hydroxylation sites is 1. The first-order valence-corrected chi connectivity index (χ1v) is 12.5. The molecule has 1 aromatic heterocycles. The monoisotopic (exact) mass is 561 g/mol. The molecule has 1 heterocycles. The molecule has 188 valence electrons. The van der Waals surface area contributed by atoms with E-state index in [0.717, 1.165) is 10.9 Å². The number of fused-ring (bicyclic) bond motifs is 1. The van der Waals surface area contributed by atoms with Crippen molar-refractivity contribution in [3.05, 3.63) is 123 Å². The molecule has 0 radical (unpaired) electrons. The molecule has 38 heavy (non-hydrogen) atoms. The molecular formula is C29H18Cl3N3O3. The number of ether oxygens (including phenoxy) is 1. The Kier molecular flexibility index (Phi) is 7.47. The van der Waals surface area contributed by atoms with E-state index in [9.17, 15) is 9.59 Å². The number of esters is 1. The summed E-state index contributed by atoms with van der Waals surface area (Å²) in [5, 5.41) is 6.14. The molecule has 2 N–H and O–H groups in total. The van der Waals surface area contributed by atoms with Gasteiger partial charge in [-0.1, -0.05) is 77.3 Å². The van der Waals surface area contributed by atoms with Gasteiger partial charge in [-0.25, -0.2) is 10.2 Å². The highest BCUT2D eigenvalue weighted by Crippen LogP contribution is 2.37. The predicted octanol–water partition coefficient (Wildman–Crippen LogP) is 7.78. The third-order valence-electron chi connectivity index (χ3n) is 5.72. The maximum absolute atomic E-state index is 13.2. The number of nitrogens with zero attached hydrogens (tertiary/aromatic N) is 1. The van der Waals surface area contributed by atoms with Gasteiger partial charge >= 0.3 is 5.97 Å². The predicted molar refractivity (Wildman–Crippen MR) is 152 cm³/mol. The molecule has 4 aromatic carbocycles. The van der Waals surface area contributed by atoms with Crippen LogP contribution in [-0.4, -0.2) is 23.1 Å². The zero-order chi connectivity index (χ0) is 26.6. The molecule has 0 unspecified atom stereocenters. The Morgan fingerprint density at radius 3 is 2.34 bits per heavy atom. The maximum atomic E-state index is 13.2. The van der Waals surface area contributed by atoms with Gasteiger partial charge in [0.2, 0.25) is 0 Å². The molecule has 0 saturated heterocycles. The Bertz CT molecular complexity index is 1710. The van der Waals surface area contributed by atoms with Crippen LogP contribution in [0.3, 0.4) is 0 Å². The Labute approximate surface area is 232 Å². The van der Waals surface area contributed by atoms with Crippen LogP contribution >= 0.6 is 34.8 Å². The lowest BCUT2D eigenvalue weighted by molar-refractivity contribution is 0.0734. The van der Waals surface area contributed by atoms with Gasteiger partial charge < -0.3 is 9.72 Å². The van der Waals surface area contributed by atoms with Crippen LogP contribution in [0.4, 0.5) is 0 Å². The van der Waals surface area contributed by atoms with E-state index in [0.29, 0.717) is 26.7 Å². The summed E-state index contributed by atoms with van der Waals surface area (Å²) < 4.78 is 5.54. The van der Waals surface area contributed by atoms with Crippen LogP contribution in [0.15, 0.2) is 96.1 Å². The second kappa shape index (κ2) is 11.1. The number of aromatic nitrogens is 1. The van der Waals surface area contributed by atoms with E-state index in [-0.39, 0.29) is 22.0 Å². The van der Waals surface area contributed by atoms with Crippen LogP contribution in [-0.2, 0) is 0 Å². The van der Waals surface area contributed by atoms with Crippen LogP contribution in [0.5, 0.6) is 5.75 Å². The average molecular weight is 563 g/mol. The van der Waals surface area contributed by atoms with Gasteiger partial charge in [0, 0.05) is 37.6 Å². The number of carbonyl (C=O) groups excluding carboxylic acids is 2. The fourth-order valence-corrected chi connectivity index (χ4v) is 4.57. The van der Waals surface area contributed by atoms with Gasteiger partial charge in [-0.3, -0.25) is 4.79 Å². The Hall–Kier alpha value is -4.10. The summed E-state index contributed by atoms with van der Waals surface area (Å²) in [5.41, 5.74) is 5.52. The third kappa shape index (κ3) is 5.29. The molecule has 5 aromatic rings. The van der Waals surface area contributed by atoms with Crippen molar-refractivity contribution in [2.75, 3.05) is 0 Å². The number of benzene rings is 4. The second-order valence-electron chi connectivity index (χ2n) is 8.15. The van der Waals surface area contributed by atoms with Gasteiger partial charge in [-0.2, -0.15) is 5.10 Å². The van der Waals surface area contributed by atoms with Gasteiger partial charge in [0.25, 0.3) is 5.91 Å². The van der Waals surface area contributed by atoms with Crippen LogP contribution in [0.1, 0.15) is 26.4 Å². The van der Waals surface area contributed by atoms with Crippen LogP contribution in [0, 0.1) is 0 Å². The van der Waals surface area contributed by atoms with Crippen molar-refractivity contribution in [3.63, 3.8) is 0 Å². The molecule has 0 spiro atoms. The molecule has 0 saturated carbocycles. The summed E-state index contributed by atoms with van der Waals surface area (Å²) >= 11 is 18.8. The third-order valence-corrected chi connectivity index (χ3v) is 6.61. The fourth-order valence-electron chi connectivity index (χ4n) is 3.96. The minimum Gasteiger partial charge on any atom is -0.422 e. The van der Waals surface area contributed by atoms with E-state index in [1.54, 1.807) is 72.8 Å². The second-order valence-corrected chi connectivity index (χ2v) is 9.40. The van der Waals surface area contributed by atoms with Crippen LogP contribution < -0.4 is 10.2 Å². The van der Waals surface area contributed by atoms with E-state index in [2.05, 4.69) is 15.5 Å². The SMILES string of the molecule is O=C(Oc1ccccc1C=NNC(=O)c1[nH]c2ccc(Cl)cc2c1-c1ccccc1Cl)c1ccccc1Cl. The zero-order valence-electron chi connectivity index (χ0n) is 19.5. The smallest absolute Gasteiger partial charge is 0.345 e. The molecule has 0 aliphatic rings. The standard InChI is InChI=1S/C29H18Cl3N3O3/c30-18-13-14-24-21(15-18)26(19-8-2-4-10-22(19)31)27(34-24)28(36)35-33-16-17-7-1-6-12-25(17)38-29(37)20-9-3-5-11-23(20)32/h1-16,34H,(H,35,36).